The van der Waals surface area contributed by atoms with E-state index in [1.54, 1.807) is 0 Å². The molecule has 5 rings (SSSR count). The molecular weight excluding hydrogens is 416 g/mol. The van der Waals surface area contributed by atoms with Gasteiger partial charge in [0.1, 0.15) is 5.75 Å². The minimum atomic E-state index is -0.233. The van der Waals surface area contributed by atoms with Crippen molar-refractivity contribution in [3.63, 3.8) is 0 Å². The average Bonchev–Trinajstić information content (AvgIpc) is 2.75. The lowest BCUT2D eigenvalue weighted by molar-refractivity contribution is -0.184. The number of nitrogens with zero attached hydrogens (tertiary/aromatic N) is 1. The Hall–Kier alpha value is -1.56. The number of ether oxygens (including phenoxy) is 2. The number of hydrogen-bond donors (Lipinski definition) is 1. The van der Waals surface area contributed by atoms with Crippen LogP contribution in [0, 0.1) is 5.92 Å². The van der Waals surface area contributed by atoms with Gasteiger partial charge in [0.15, 0.2) is 5.72 Å². The largest absolute Gasteiger partial charge is 0.472 e. The van der Waals surface area contributed by atoms with E-state index >= 15 is 0 Å². The van der Waals surface area contributed by atoms with E-state index in [4.69, 9.17) is 9.47 Å². The van der Waals surface area contributed by atoms with Crippen LogP contribution in [-0.4, -0.2) is 36.9 Å². The first kappa shape index (κ1) is 18.5. The van der Waals surface area contributed by atoms with Gasteiger partial charge in [0, 0.05) is 41.2 Å². The van der Waals surface area contributed by atoms with Crippen molar-refractivity contribution >= 4 is 21.6 Å². The van der Waals surface area contributed by atoms with Crippen LogP contribution in [0.4, 0.5) is 5.69 Å². The van der Waals surface area contributed by atoms with E-state index in [-0.39, 0.29) is 11.8 Å². The Morgan fingerprint density at radius 2 is 1.79 bits per heavy atom. The fourth-order valence-corrected chi connectivity index (χ4v) is 5.51. The van der Waals surface area contributed by atoms with Gasteiger partial charge in [0.25, 0.3) is 0 Å². The van der Waals surface area contributed by atoms with Crippen LogP contribution in [0.15, 0.2) is 53.0 Å². The maximum absolute atomic E-state index is 6.87. The zero-order valence-corrected chi connectivity index (χ0v) is 17.7. The third-order valence-electron chi connectivity index (χ3n) is 6.54. The van der Waals surface area contributed by atoms with Crippen molar-refractivity contribution < 1.29 is 9.47 Å². The molecule has 2 fully saturated rings. The van der Waals surface area contributed by atoms with Gasteiger partial charge in [-0.05, 0) is 43.2 Å². The molecule has 3 atom stereocenters. The molecule has 0 amide bonds. The van der Waals surface area contributed by atoms with E-state index in [1.807, 2.05) is 0 Å². The summed E-state index contributed by atoms with van der Waals surface area (Å²) in [4.78, 5) is 2.56. The minimum absolute atomic E-state index is 0.233. The smallest absolute Gasteiger partial charge is 0.168 e. The second-order valence-corrected chi connectivity index (χ2v) is 8.98. The number of para-hydroxylation sites is 1. The van der Waals surface area contributed by atoms with E-state index in [0.29, 0.717) is 5.92 Å². The van der Waals surface area contributed by atoms with Crippen molar-refractivity contribution in [2.75, 3.05) is 31.6 Å². The van der Waals surface area contributed by atoms with Gasteiger partial charge in [0.05, 0.1) is 19.3 Å². The summed E-state index contributed by atoms with van der Waals surface area (Å²) in [7, 11) is 0. The van der Waals surface area contributed by atoms with Gasteiger partial charge in [-0.2, -0.15) is 0 Å². The second kappa shape index (κ2) is 7.69. The minimum Gasteiger partial charge on any atom is -0.472 e. The molecule has 0 bridgehead atoms. The second-order valence-electron chi connectivity index (χ2n) is 8.07. The lowest BCUT2D eigenvalue weighted by atomic mass is 9.71. The summed E-state index contributed by atoms with van der Waals surface area (Å²) in [6.07, 6.45) is 4.76. The molecule has 1 N–H and O–H groups in total. The number of benzene rings is 2. The van der Waals surface area contributed by atoms with Gasteiger partial charge in [-0.15, -0.1) is 0 Å². The van der Waals surface area contributed by atoms with Crippen molar-refractivity contribution in [2.24, 2.45) is 5.92 Å². The van der Waals surface area contributed by atoms with Crippen molar-refractivity contribution in [1.29, 1.82) is 0 Å². The monoisotopic (exact) mass is 442 g/mol. The van der Waals surface area contributed by atoms with Crippen LogP contribution in [0.1, 0.15) is 37.3 Å². The molecule has 3 unspecified atom stereocenters. The number of rotatable bonds is 3. The van der Waals surface area contributed by atoms with E-state index in [2.05, 4.69) is 74.7 Å². The predicted octanol–water partition coefficient (Wildman–Crippen LogP) is 5.21. The molecule has 2 aliphatic heterocycles. The van der Waals surface area contributed by atoms with Gasteiger partial charge in [-0.25, -0.2) is 0 Å². The number of anilines is 1. The first-order valence-electron chi connectivity index (χ1n) is 10.4. The maximum atomic E-state index is 6.87. The van der Waals surface area contributed by atoms with Crippen LogP contribution in [-0.2, 0) is 4.74 Å². The van der Waals surface area contributed by atoms with Crippen LogP contribution >= 0.6 is 15.9 Å². The molecule has 3 aliphatic rings. The lowest BCUT2D eigenvalue weighted by Crippen LogP contribution is -2.65. The summed E-state index contributed by atoms with van der Waals surface area (Å²) < 4.78 is 13.6. The normalized spacial score (nSPS) is 30.0. The summed E-state index contributed by atoms with van der Waals surface area (Å²) in [6, 6.07) is 17.3. The lowest BCUT2D eigenvalue weighted by Gasteiger charge is -2.56. The maximum Gasteiger partial charge on any atom is 0.168 e. The molecule has 28 heavy (non-hydrogen) atoms. The molecule has 2 aromatic rings. The molecule has 1 saturated carbocycles. The van der Waals surface area contributed by atoms with Crippen LogP contribution in [0.5, 0.6) is 5.75 Å². The van der Waals surface area contributed by atoms with Gasteiger partial charge >= 0.3 is 0 Å². The quantitative estimate of drug-likeness (QED) is 0.706. The molecular formula is C23H27BrN2O2. The number of hydrogen-bond acceptors (Lipinski definition) is 4. The van der Waals surface area contributed by atoms with Crippen LogP contribution in [0.3, 0.4) is 0 Å². The van der Waals surface area contributed by atoms with Gasteiger partial charge in [-0.3, -0.25) is 4.90 Å². The Labute approximate surface area is 175 Å². The highest BCUT2D eigenvalue weighted by Crippen LogP contribution is 2.52. The predicted molar refractivity (Wildman–Crippen MR) is 115 cm³/mol. The molecule has 1 aliphatic carbocycles. The molecule has 2 heterocycles. The Morgan fingerprint density at radius 1 is 1.00 bits per heavy atom. The molecule has 148 valence electrons. The Bertz CT molecular complexity index is 822. The number of halogens is 1. The first-order valence-corrected chi connectivity index (χ1v) is 11.2. The number of nitrogens with one attached hydrogen (secondary N) is 1. The summed E-state index contributed by atoms with van der Waals surface area (Å²) in [5.41, 5.74) is 2.20. The third kappa shape index (κ3) is 3.23. The highest BCUT2D eigenvalue weighted by atomic mass is 79.9. The van der Waals surface area contributed by atoms with Gasteiger partial charge in [-0.1, -0.05) is 40.5 Å². The summed E-state index contributed by atoms with van der Waals surface area (Å²) >= 11 is 3.55. The fourth-order valence-electron chi connectivity index (χ4n) is 5.25. The topological polar surface area (TPSA) is 33.7 Å². The molecule has 5 heteroatoms. The number of fused-ring (bicyclic) bond motifs is 2. The SMILES string of the molecule is Brc1ccc(NC2c3ccccc3OC3(N4CCOCC4)CCCCC23)cc1. The molecule has 0 spiro atoms. The molecule has 0 radical (unpaired) electrons. The Balaban J connectivity index is 1.56. The molecule has 0 aromatic heterocycles. The highest BCUT2D eigenvalue weighted by molar-refractivity contribution is 9.10. The van der Waals surface area contributed by atoms with Crippen molar-refractivity contribution in [3.8, 4) is 5.75 Å². The van der Waals surface area contributed by atoms with Crippen LogP contribution < -0.4 is 10.1 Å². The van der Waals surface area contributed by atoms with E-state index in [9.17, 15) is 0 Å². The highest BCUT2D eigenvalue weighted by Gasteiger charge is 2.54. The van der Waals surface area contributed by atoms with Crippen LogP contribution in [0.25, 0.3) is 0 Å². The van der Waals surface area contributed by atoms with Gasteiger partial charge < -0.3 is 14.8 Å². The van der Waals surface area contributed by atoms with Crippen LogP contribution in [0.2, 0.25) is 0 Å². The molecule has 1 saturated heterocycles. The fraction of sp³-hybridized carbons (Fsp3) is 0.478. The third-order valence-corrected chi connectivity index (χ3v) is 7.06. The summed E-state index contributed by atoms with van der Waals surface area (Å²) in [5.74, 6) is 1.44. The van der Waals surface area contributed by atoms with Gasteiger partial charge in [0.2, 0.25) is 0 Å². The average molecular weight is 443 g/mol. The van der Waals surface area contributed by atoms with Crippen molar-refractivity contribution in [2.45, 2.75) is 37.5 Å². The van der Waals surface area contributed by atoms with E-state index < -0.39 is 0 Å². The Kier molecular flexibility index (Phi) is 5.07. The van der Waals surface area contributed by atoms with E-state index in [1.165, 1.54) is 24.8 Å². The van der Waals surface area contributed by atoms with Crippen molar-refractivity contribution in [3.05, 3.63) is 58.6 Å². The van der Waals surface area contributed by atoms with E-state index in [0.717, 1.165) is 48.6 Å². The number of morpholine rings is 1. The molecule has 2 aromatic carbocycles. The summed E-state index contributed by atoms with van der Waals surface area (Å²) in [5, 5.41) is 3.87. The Morgan fingerprint density at radius 3 is 2.61 bits per heavy atom. The standard InChI is InChI=1S/C23H27BrN2O2/c24-17-8-10-18(11-9-17)25-22-19-5-1-2-7-21(19)28-23(12-4-3-6-20(22)23)26-13-15-27-16-14-26/h1-2,5,7-11,20,22,25H,3-4,6,12-16H2. The van der Waals surface area contributed by atoms with Crippen molar-refractivity contribution in [1.82, 2.24) is 4.90 Å². The summed E-state index contributed by atoms with van der Waals surface area (Å²) in [6.45, 7) is 3.49. The molecule has 4 nitrogen and oxygen atoms in total. The zero-order valence-electron chi connectivity index (χ0n) is 16.1. The first-order chi connectivity index (χ1) is 13.8. The zero-order chi connectivity index (χ0) is 19.0.